The molecule has 0 aromatic heterocycles. The van der Waals surface area contributed by atoms with Gasteiger partial charge in [0.15, 0.2) is 0 Å². The molecule has 1 aromatic rings. The first-order chi connectivity index (χ1) is 8.65. The fraction of sp³-hybridized carbons (Fsp3) is 0.500. The Balaban J connectivity index is 0.000000399. The molecule has 0 unspecified atom stereocenters. The van der Waals surface area contributed by atoms with Gasteiger partial charge in [-0.25, -0.2) is 0 Å². The third-order valence-corrected chi connectivity index (χ3v) is 6.96. The molecule has 0 atom stereocenters. The number of ether oxygens (including phenoxy) is 1. The fourth-order valence-corrected chi connectivity index (χ4v) is 2.98. The standard InChI is InChI=1S/C12H14Br2O.S4/c1-11(2)7-5-9(13)10(14)6-8(7)12(3,4)15-11;1-3-4-2/h5-6H,1-4H3;. The molecule has 0 aliphatic carbocycles. The van der Waals surface area contributed by atoms with Gasteiger partial charge in [0.2, 0.25) is 0 Å². The smallest absolute Gasteiger partial charge is 0.0891 e. The van der Waals surface area contributed by atoms with Crippen molar-refractivity contribution < 1.29 is 4.74 Å². The number of hydrogen-bond acceptors (Lipinski definition) is 3. The lowest BCUT2D eigenvalue weighted by atomic mass is 9.91. The van der Waals surface area contributed by atoms with E-state index in [0.717, 1.165) is 8.95 Å². The summed E-state index contributed by atoms with van der Waals surface area (Å²) < 4.78 is 8.23. The molecular weight excluding hydrogens is 448 g/mol. The molecule has 0 bridgehead atoms. The Kier molecular flexibility index (Phi) is 6.52. The van der Waals surface area contributed by atoms with Crippen LogP contribution < -0.4 is 0 Å². The molecule has 1 nitrogen and oxygen atoms in total. The quantitative estimate of drug-likeness (QED) is 0.553. The molecule has 1 aliphatic rings. The maximum atomic E-state index is 6.07. The molecule has 0 amide bonds. The topological polar surface area (TPSA) is 9.23 Å². The number of hydrogen-bond donors (Lipinski definition) is 0. The Morgan fingerprint density at radius 2 is 1.21 bits per heavy atom. The van der Waals surface area contributed by atoms with Crippen LogP contribution in [0.1, 0.15) is 38.8 Å². The molecule has 0 N–H and O–H groups in total. The van der Waals surface area contributed by atoms with Crippen molar-refractivity contribution in [2.24, 2.45) is 0 Å². The molecule has 0 fully saturated rings. The van der Waals surface area contributed by atoms with Crippen molar-refractivity contribution in [2.45, 2.75) is 38.9 Å². The third-order valence-electron chi connectivity index (χ3n) is 2.90. The summed E-state index contributed by atoms with van der Waals surface area (Å²) in [5.41, 5.74) is 2.12. The number of rotatable bonds is 0. The van der Waals surface area contributed by atoms with E-state index in [4.69, 9.17) is 4.74 Å². The van der Waals surface area contributed by atoms with Crippen molar-refractivity contribution in [3.05, 3.63) is 32.2 Å². The molecule has 1 aromatic carbocycles. The predicted molar refractivity (Wildman–Crippen MR) is 98.4 cm³/mol. The van der Waals surface area contributed by atoms with Crippen LogP contribution in [0.5, 0.6) is 0 Å². The molecule has 0 saturated heterocycles. The number of fused-ring (bicyclic) bond motifs is 1. The zero-order chi connectivity index (χ0) is 14.8. The van der Waals surface area contributed by atoms with Crippen LogP contribution >= 0.6 is 31.9 Å². The van der Waals surface area contributed by atoms with Gasteiger partial charge in [0.05, 0.1) is 11.2 Å². The van der Waals surface area contributed by atoms with Crippen LogP contribution in [0, 0.1) is 0 Å². The van der Waals surface area contributed by atoms with Crippen molar-refractivity contribution in [1.82, 2.24) is 0 Å². The molecule has 1 aliphatic heterocycles. The number of halogens is 2. The van der Waals surface area contributed by atoms with Crippen LogP contribution in [-0.2, 0) is 56.1 Å². The van der Waals surface area contributed by atoms with Gasteiger partial charge in [0.1, 0.15) is 0 Å². The summed E-state index contributed by atoms with van der Waals surface area (Å²) in [4.78, 5) is 0. The summed E-state index contributed by atoms with van der Waals surface area (Å²) in [6, 6.07) is 4.29. The summed E-state index contributed by atoms with van der Waals surface area (Å²) in [6.45, 7) is 8.45. The lowest BCUT2D eigenvalue weighted by Crippen LogP contribution is -2.22. The minimum atomic E-state index is -0.206. The monoisotopic (exact) mass is 460 g/mol. The highest BCUT2D eigenvalue weighted by molar-refractivity contribution is 9.13. The van der Waals surface area contributed by atoms with Gasteiger partial charge in [-0.05, 0) is 82.8 Å². The lowest BCUT2D eigenvalue weighted by molar-refractivity contribution is -0.105. The van der Waals surface area contributed by atoms with Crippen molar-refractivity contribution in [3.63, 3.8) is 0 Å². The van der Waals surface area contributed by atoms with Crippen LogP contribution in [0.15, 0.2) is 21.1 Å². The molecule has 0 saturated carbocycles. The maximum Gasteiger partial charge on any atom is 0.0891 e. The normalized spacial score (nSPS) is 18.0. The van der Waals surface area contributed by atoms with Crippen molar-refractivity contribution in [3.8, 4) is 0 Å². The van der Waals surface area contributed by atoms with Gasteiger partial charge in [0.25, 0.3) is 0 Å². The summed E-state index contributed by atoms with van der Waals surface area (Å²) in [7, 11) is 2.34. The van der Waals surface area contributed by atoms with Crippen LogP contribution in [0.4, 0.5) is 0 Å². The maximum absolute atomic E-state index is 6.07. The zero-order valence-corrected chi connectivity index (χ0v) is 17.4. The lowest BCUT2D eigenvalue weighted by Gasteiger charge is -2.24. The van der Waals surface area contributed by atoms with E-state index in [0.29, 0.717) is 0 Å². The van der Waals surface area contributed by atoms with Gasteiger partial charge in [-0.2, -0.15) is 0 Å². The first-order valence-corrected chi connectivity index (χ1v) is 11.0. The van der Waals surface area contributed by atoms with E-state index in [-0.39, 0.29) is 11.2 Å². The molecule has 1 heterocycles. The van der Waals surface area contributed by atoms with Crippen LogP contribution in [0.3, 0.4) is 0 Å². The number of benzene rings is 1. The van der Waals surface area contributed by atoms with Crippen LogP contribution in [-0.4, -0.2) is 0 Å². The average molecular weight is 462 g/mol. The Morgan fingerprint density at radius 3 is 1.47 bits per heavy atom. The highest BCUT2D eigenvalue weighted by Crippen LogP contribution is 2.48. The average Bonchev–Trinajstić information content (AvgIpc) is 2.47. The molecule has 0 radical (unpaired) electrons. The molecular formula is C12H14Br2OS4. The van der Waals surface area contributed by atoms with Crippen molar-refractivity contribution >= 4 is 72.0 Å². The zero-order valence-electron chi connectivity index (χ0n) is 11.0. The Labute approximate surface area is 146 Å². The summed E-state index contributed by atoms with van der Waals surface area (Å²) in [5.74, 6) is 0. The van der Waals surface area contributed by atoms with Gasteiger partial charge in [-0.15, -0.1) is 0 Å². The predicted octanol–water partition coefficient (Wildman–Crippen LogP) is 4.70. The fourth-order valence-electron chi connectivity index (χ4n) is 2.29. The summed E-state index contributed by atoms with van der Waals surface area (Å²) in [6.07, 6.45) is 0. The Morgan fingerprint density at radius 1 is 0.895 bits per heavy atom. The van der Waals surface area contributed by atoms with Gasteiger partial charge < -0.3 is 4.74 Å². The molecule has 19 heavy (non-hydrogen) atoms. The van der Waals surface area contributed by atoms with Gasteiger partial charge >= 0.3 is 0 Å². The molecule has 106 valence electrons. The first kappa shape index (κ1) is 18.1. The molecule has 7 heteroatoms. The first-order valence-electron chi connectivity index (χ1n) is 5.44. The Bertz CT molecular complexity index is 524. The van der Waals surface area contributed by atoms with Crippen LogP contribution in [0.2, 0.25) is 0 Å². The SMILES string of the molecule is CC1(C)OC(C)(C)c2cc(Br)c(Br)cc21.S=S=S=S. The van der Waals surface area contributed by atoms with Gasteiger partial charge in [0, 0.05) is 49.1 Å². The van der Waals surface area contributed by atoms with Crippen LogP contribution in [0.25, 0.3) is 0 Å². The highest BCUT2D eigenvalue weighted by Gasteiger charge is 2.43. The van der Waals surface area contributed by atoms with E-state index >= 15 is 0 Å². The van der Waals surface area contributed by atoms with E-state index in [1.807, 2.05) is 0 Å². The van der Waals surface area contributed by atoms with E-state index in [2.05, 4.69) is 94.1 Å². The van der Waals surface area contributed by atoms with E-state index < -0.39 is 0 Å². The molecule has 2 rings (SSSR count). The summed E-state index contributed by atoms with van der Waals surface area (Å²) in [5, 5.41) is 0. The highest BCUT2D eigenvalue weighted by atomic mass is 79.9. The Hall–Kier alpha value is 1.02. The second-order valence-corrected chi connectivity index (χ2v) is 10.3. The summed E-state index contributed by atoms with van der Waals surface area (Å²) >= 11 is 15.7. The minimum Gasteiger partial charge on any atom is -0.360 e. The van der Waals surface area contributed by atoms with Crippen molar-refractivity contribution in [1.29, 1.82) is 0 Å². The van der Waals surface area contributed by atoms with Gasteiger partial charge in [-0.3, -0.25) is 0 Å². The third kappa shape index (κ3) is 4.25. The minimum absolute atomic E-state index is 0.206. The van der Waals surface area contributed by atoms with E-state index in [9.17, 15) is 0 Å². The largest absolute Gasteiger partial charge is 0.360 e. The van der Waals surface area contributed by atoms with E-state index in [1.54, 1.807) is 0 Å². The van der Waals surface area contributed by atoms with Gasteiger partial charge in [-0.1, -0.05) is 0 Å². The second-order valence-electron chi connectivity index (χ2n) is 5.07. The molecule has 0 spiro atoms. The van der Waals surface area contributed by atoms with Crippen molar-refractivity contribution in [2.75, 3.05) is 0 Å². The second kappa shape index (κ2) is 6.85. The van der Waals surface area contributed by atoms with E-state index in [1.165, 1.54) is 28.9 Å².